The maximum absolute atomic E-state index is 12.2. The Morgan fingerprint density at radius 1 is 1.43 bits per heavy atom. The largest absolute Gasteiger partial charge is 0.503 e. The second-order valence-corrected chi connectivity index (χ2v) is 5.60. The molecular weight excluding hydrogens is 368 g/mol. The minimum atomic E-state index is -0.756. The molecule has 0 aromatic heterocycles. The summed E-state index contributed by atoms with van der Waals surface area (Å²) < 4.78 is 10.4. The van der Waals surface area contributed by atoms with Gasteiger partial charge >= 0.3 is 12.0 Å². The summed E-state index contributed by atoms with van der Waals surface area (Å²) in [4.78, 5) is 24.0. The Kier molecular flexibility index (Phi) is 5.15. The molecule has 0 spiro atoms. The van der Waals surface area contributed by atoms with Gasteiger partial charge in [0.05, 0.1) is 29.8 Å². The molecular formula is C15H17BrN2O5. The first-order valence-corrected chi connectivity index (χ1v) is 7.70. The van der Waals surface area contributed by atoms with Crippen LogP contribution < -0.4 is 15.4 Å². The van der Waals surface area contributed by atoms with E-state index in [-0.39, 0.29) is 23.7 Å². The second kappa shape index (κ2) is 6.91. The maximum atomic E-state index is 12.2. The third kappa shape index (κ3) is 3.26. The lowest BCUT2D eigenvalue weighted by Crippen LogP contribution is -2.45. The van der Waals surface area contributed by atoms with E-state index in [4.69, 9.17) is 9.47 Å². The molecule has 1 heterocycles. The average Bonchev–Trinajstić information content (AvgIpc) is 2.49. The Labute approximate surface area is 141 Å². The predicted octanol–water partition coefficient (Wildman–Crippen LogP) is 2.35. The number of methoxy groups -OCH3 is 1. The summed E-state index contributed by atoms with van der Waals surface area (Å²) in [5.74, 6) is -0.373. The number of allylic oxidation sites excluding steroid dienone is 1. The van der Waals surface area contributed by atoms with Gasteiger partial charge in [0.1, 0.15) is 0 Å². The Bertz CT molecular complexity index is 687. The number of ether oxygens (including phenoxy) is 2. The number of carbonyl (C=O) groups excluding carboxylic acids is 2. The van der Waals surface area contributed by atoms with Gasteiger partial charge in [0.2, 0.25) is 0 Å². The monoisotopic (exact) mass is 384 g/mol. The van der Waals surface area contributed by atoms with Gasteiger partial charge in [-0.15, -0.1) is 0 Å². The van der Waals surface area contributed by atoms with E-state index in [1.54, 1.807) is 26.0 Å². The number of aromatic hydroxyl groups is 1. The number of nitrogens with one attached hydrogen (secondary N) is 2. The lowest BCUT2D eigenvalue weighted by molar-refractivity contribution is -0.139. The van der Waals surface area contributed by atoms with Gasteiger partial charge < -0.3 is 25.2 Å². The van der Waals surface area contributed by atoms with Crippen LogP contribution in [-0.4, -0.2) is 30.8 Å². The molecule has 8 heteroatoms. The third-order valence-corrected chi connectivity index (χ3v) is 4.24. The molecule has 2 amide bonds. The van der Waals surface area contributed by atoms with Crippen LogP contribution in [0, 0.1) is 0 Å². The lowest BCUT2D eigenvalue weighted by Gasteiger charge is -2.29. The van der Waals surface area contributed by atoms with Crippen LogP contribution in [0.2, 0.25) is 0 Å². The third-order valence-electron chi connectivity index (χ3n) is 3.40. The highest BCUT2D eigenvalue weighted by molar-refractivity contribution is 9.10. The number of halogens is 1. The molecule has 3 N–H and O–H groups in total. The van der Waals surface area contributed by atoms with Crippen LogP contribution in [0.25, 0.3) is 0 Å². The summed E-state index contributed by atoms with van der Waals surface area (Å²) in [5, 5.41) is 15.4. The summed E-state index contributed by atoms with van der Waals surface area (Å²) >= 11 is 3.29. The van der Waals surface area contributed by atoms with Crippen molar-refractivity contribution in [3.63, 3.8) is 0 Å². The highest BCUT2D eigenvalue weighted by Crippen LogP contribution is 2.41. The van der Waals surface area contributed by atoms with Gasteiger partial charge in [-0.1, -0.05) is 6.07 Å². The molecule has 1 aliphatic heterocycles. The molecule has 0 saturated carbocycles. The van der Waals surface area contributed by atoms with Gasteiger partial charge in [-0.2, -0.15) is 0 Å². The zero-order valence-corrected chi connectivity index (χ0v) is 14.5. The molecule has 23 heavy (non-hydrogen) atoms. The van der Waals surface area contributed by atoms with Gasteiger partial charge in [-0.3, -0.25) is 0 Å². The van der Waals surface area contributed by atoms with Crippen LogP contribution in [0.5, 0.6) is 11.5 Å². The van der Waals surface area contributed by atoms with Crippen LogP contribution in [0.4, 0.5) is 4.79 Å². The number of carbonyl (C=O) groups is 2. The molecule has 0 radical (unpaired) electrons. The number of urea groups is 1. The maximum Gasteiger partial charge on any atom is 0.338 e. The SMILES string of the molecule is CCOC(=O)C1=C(C)NC(=O)NC1c1ccc(OC)c(O)c1Br. The van der Waals surface area contributed by atoms with E-state index >= 15 is 0 Å². The van der Waals surface area contributed by atoms with Crippen molar-refractivity contribution in [2.45, 2.75) is 19.9 Å². The van der Waals surface area contributed by atoms with Crippen molar-refractivity contribution in [2.24, 2.45) is 0 Å². The smallest absolute Gasteiger partial charge is 0.338 e. The summed E-state index contributed by atoms with van der Waals surface area (Å²) in [5.41, 5.74) is 1.19. The zero-order valence-electron chi connectivity index (χ0n) is 12.9. The van der Waals surface area contributed by atoms with Crippen molar-refractivity contribution in [3.8, 4) is 11.5 Å². The summed E-state index contributed by atoms with van der Waals surface area (Å²) in [6.07, 6.45) is 0. The summed E-state index contributed by atoms with van der Waals surface area (Å²) in [7, 11) is 1.43. The van der Waals surface area contributed by atoms with E-state index < -0.39 is 18.0 Å². The Morgan fingerprint density at radius 3 is 2.74 bits per heavy atom. The van der Waals surface area contributed by atoms with E-state index in [1.165, 1.54) is 7.11 Å². The van der Waals surface area contributed by atoms with Crippen LogP contribution >= 0.6 is 15.9 Å². The zero-order chi connectivity index (χ0) is 17.1. The molecule has 1 atom stereocenters. The van der Waals surface area contributed by atoms with E-state index in [0.717, 1.165) is 0 Å². The Balaban J connectivity index is 2.55. The van der Waals surface area contributed by atoms with Gasteiger partial charge in [-0.25, -0.2) is 9.59 Å². The normalized spacial score (nSPS) is 17.4. The van der Waals surface area contributed by atoms with Gasteiger partial charge in [0, 0.05) is 5.70 Å². The van der Waals surface area contributed by atoms with Crippen LogP contribution in [0.15, 0.2) is 27.9 Å². The van der Waals surface area contributed by atoms with E-state index in [0.29, 0.717) is 15.7 Å². The van der Waals surface area contributed by atoms with E-state index in [2.05, 4.69) is 26.6 Å². The Hall–Kier alpha value is -2.22. The fourth-order valence-electron chi connectivity index (χ4n) is 2.36. The number of esters is 1. The number of hydrogen-bond acceptors (Lipinski definition) is 5. The predicted molar refractivity (Wildman–Crippen MR) is 86.1 cm³/mol. The molecule has 0 fully saturated rings. The summed E-state index contributed by atoms with van der Waals surface area (Å²) in [6, 6.07) is 2.02. The number of benzene rings is 1. The summed E-state index contributed by atoms with van der Waals surface area (Å²) in [6.45, 7) is 3.54. The fraction of sp³-hybridized carbons (Fsp3) is 0.333. The molecule has 0 bridgehead atoms. The van der Waals surface area contributed by atoms with Gasteiger partial charge in [0.25, 0.3) is 0 Å². The first-order chi connectivity index (χ1) is 10.9. The van der Waals surface area contributed by atoms with Crippen molar-refractivity contribution in [1.82, 2.24) is 10.6 Å². The highest BCUT2D eigenvalue weighted by Gasteiger charge is 2.34. The first kappa shape index (κ1) is 17.1. The standard InChI is InChI=1S/C15H17BrN2O5/c1-4-23-14(20)10-7(2)17-15(21)18-12(10)8-5-6-9(22-3)13(19)11(8)16/h5-6,12,19H,4H2,1-3H3,(H2,17,18,21). The number of phenolic OH excluding ortho intramolecular Hbond substituents is 1. The highest BCUT2D eigenvalue weighted by atomic mass is 79.9. The molecule has 1 aliphatic rings. The quantitative estimate of drug-likeness (QED) is 0.692. The number of rotatable bonds is 4. The Morgan fingerprint density at radius 2 is 2.13 bits per heavy atom. The topological polar surface area (TPSA) is 96.9 Å². The number of hydrogen-bond donors (Lipinski definition) is 3. The minimum absolute atomic E-state index is 0.112. The molecule has 1 unspecified atom stereocenters. The lowest BCUT2D eigenvalue weighted by atomic mass is 9.95. The second-order valence-electron chi connectivity index (χ2n) is 4.81. The van der Waals surface area contributed by atoms with Crippen LogP contribution in [0.1, 0.15) is 25.5 Å². The van der Waals surface area contributed by atoms with E-state index in [1.807, 2.05) is 0 Å². The molecule has 7 nitrogen and oxygen atoms in total. The molecule has 0 aliphatic carbocycles. The molecule has 1 aromatic carbocycles. The first-order valence-electron chi connectivity index (χ1n) is 6.91. The number of amides is 2. The van der Waals surface area contributed by atoms with E-state index in [9.17, 15) is 14.7 Å². The van der Waals surface area contributed by atoms with Gasteiger partial charge in [0.15, 0.2) is 11.5 Å². The van der Waals surface area contributed by atoms with Crippen molar-refractivity contribution in [3.05, 3.63) is 33.4 Å². The number of phenols is 1. The van der Waals surface area contributed by atoms with Crippen LogP contribution in [0.3, 0.4) is 0 Å². The van der Waals surface area contributed by atoms with Crippen LogP contribution in [-0.2, 0) is 9.53 Å². The van der Waals surface area contributed by atoms with Gasteiger partial charge in [-0.05, 0) is 41.4 Å². The van der Waals surface area contributed by atoms with Crippen molar-refractivity contribution < 1.29 is 24.2 Å². The van der Waals surface area contributed by atoms with Crippen molar-refractivity contribution >= 4 is 27.9 Å². The molecule has 1 aromatic rings. The average molecular weight is 385 g/mol. The molecule has 0 saturated heterocycles. The fourth-order valence-corrected chi connectivity index (χ4v) is 2.91. The minimum Gasteiger partial charge on any atom is -0.503 e. The van der Waals surface area contributed by atoms with Crippen molar-refractivity contribution in [1.29, 1.82) is 0 Å². The molecule has 124 valence electrons. The van der Waals surface area contributed by atoms with Crippen molar-refractivity contribution in [2.75, 3.05) is 13.7 Å². The molecule has 2 rings (SSSR count).